The van der Waals surface area contributed by atoms with Gasteiger partial charge in [0.25, 0.3) is 0 Å². The third-order valence-electron chi connectivity index (χ3n) is 3.39. The van der Waals surface area contributed by atoms with Crippen LogP contribution in [0.5, 0.6) is 0 Å². The minimum Gasteiger partial charge on any atom is -0.295 e. The van der Waals surface area contributed by atoms with Crippen molar-refractivity contribution in [3.8, 4) is 0 Å². The predicted molar refractivity (Wildman–Crippen MR) is 83.9 cm³/mol. The van der Waals surface area contributed by atoms with Gasteiger partial charge in [-0.05, 0) is 61.1 Å². The van der Waals surface area contributed by atoms with Gasteiger partial charge in [-0.15, -0.1) is 0 Å². The van der Waals surface area contributed by atoms with E-state index in [0.29, 0.717) is 0 Å². The summed E-state index contributed by atoms with van der Waals surface area (Å²) in [6, 6.07) is 8.25. The highest BCUT2D eigenvalue weighted by atomic mass is 16.1. The summed E-state index contributed by atoms with van der Waals surface area (Å²) in [7, 11) is 0. The molecule has 0 heterocycles. The van der Waals surface area contributed by atoms with Crippen LogP contribution < -0.4 is 0 Å². The van der Waals surface area contributed by atoms with Crippen LogP contribution in [0, 0.1) is 0 Å². The van der Waals surface area contributed by atoms with Gasteiger partial charge in [-0.2, -0.15) is 0 Å². The Morgan fingerprint density at radius 2 is 1.89 bits per heavy atom. The monoisotopic (exact) mass is 254 g/mol. The second-order valence-electron chi connectivity index (χ2n) is 4.54. The Labute approximate surface area is 116 Å². The molecule has 0 radical (unpaired) electrons. The second-order valence-corrected chi connectivity index (χ2v) is 4.54. The predicted octanol–water partition coefficient (Wildman–Crippen LogP) is 5.05. The lowest BCUT2D eigenvalue weighted by Gasteiger charge is -2.10. The van der Waals surface area contributed by atoms with E-state index >= 15 is 0 Å². The number of hydrogen-bond acceptors (Lipinski definition) is 1. The molecule has 1 rings (SSSR count). The molecule has 0 fully saturated rings. The normalized spacial score (nSPS) is 12.9. The zero-order valence-electron chi connectivity index (χ0n) is 12.3. The minimum atomic E-state index is 0.153. The van der Waals surface area contributed by atoms with Gasteiger partial charge in [0.15, 0.2) is 5.78 Å². The standard InChI is InChI=1S/C18H22O/c1-6-15(7-2)17-11-9-10-16(12-17)13(4)18(8-3)14(5)19/h6-7,9-12H,1,8H2,2-5H3. The van der Waals surface area contributed by atoms with E-state index < -0.39 is 0 Å². The lowest BCUT2D eigenvalue weighted by Crippen LogP contribution is -1.99. The SMILES string of the molecule is C=CC(=CC)c1cccc(C(C)=C(CC)C(C)=O)c1. The van der Waals surface area contributed by atoms with Gasteiger partial charge in [-0.1, -0.05) is 43.9 Å². The van der Waals surface area contributed by atoms with Gasteiger partial charge >= 0.3 is 0 Å². The summed E-state index contributed by atoms with van der Waals surface area (Å²) in [5.41, 5.74) is 5.31. The molecule has 0 amide bonds. The van der Waals surface area contributed by atoms with E-state index in [1.807, 2.05) is 45.1 Å². The topological polar surface area (TPSA) is 17.1 Å². The van der Waals surface area contributed by atoms with Gasteiger partial charge in [0.05, 0.1) is 0 Å². The maximum Gasteiger partial charge on any atom is 0.156 e. The zero-order chi connectivity index (χ0) is 14.4. The van der Waals surface area contributed by atoms with Crippen molar-refractivity contribution in [2.24, 2.45) is 0 Å². The minimum absolute atomic E-state index is 0.153. The van der Waals surface area contributed by atoms with E-state index in [0.717, 1.165) is 34.3 Å². The average Bonchev–Trinajstić information content (AvgIpc) is 2.41. The van der Waals surface area contributed by atoms with Crippen molar-refractivity contribution in [1.82, 2.24) is 0 Å². The van der Waals surface area contributed by atoms with Crippen LogP contribution in [0.1, 0.15) is 45.2 Å². The highest BCUT2D eigenvalue weighted by Crippen LogP contribution is 2.24. The van der Waals surface area contributed by atoms with Crippen LogP contribution in [0.3, 0.4) is 0 Å². The molecule has 0 aliphatic rings. The Morgan fingerprint density at radius 3 is 2.37 bits per heavy atom. The molecule has 0 atom stereocenters. The van der Waals surface area contributed by atoms with E-state index in [9.17, 15) is 4.79 Å². The molecular formula is C18H22O. The highest BCUT2D eigenvalue weighted by Gasteiger charge is 2.08. The fraction of sp³-hybridized carbons (Fsp3) is 0.278. The fourth-order valence-electron chi connectivity index (χ4n) is 2.29. The Kier molecular flexibility index (Phi) is 5.50. The first kappa shape index (κ1) is 15.2. The van der Waals surface area contributed by atoms with Crippen molar-refractivity contribution < 1.29 is 4.79 Å². The number of Topliss-reactive ketones (excluding diaryl/α,β-unsaturated/α-hetero) is 1. The maximum absolute atomic E-state index is 11.6. The summed E-state index contributed by atoms with van der Waals surface area (Å²) < 4.78 is 0. The van der Waals surface area contributed by atoms with Gasteiger partial charge in [0.2, 0.25) is 0 Å². The molecule has 0 aliphatic heterocycles. The second kappa shape index (κ2) is 6.89. The van der Waals surface area contributed by atoms with Crippen LogP contribution in [0.15, 0.2) is 48.6 Å². The fourth-order valence-corrected chi connectivity index (χ4v) is 2.29. The van der Waals surface area contributed by atoms with Crippen LogP contribution in [-0.2, 0) is 4.79 Å². The van der Waals surface area contributed by atoms with E-state index in [2.05, 4.69) is 18.7 Å². The first-order valence-corrected chi connectivity index (χ1v) is 6.65. The number of allylic oxidation sites excluding steroid dienone is 5. The number of benzene rings is 1. The highest BCUT2D eigenvalue weighted by molar-refractivity contribution is 6.00. The van der Waals surface area contributed by atoms with Crippen LogP contribution in [0.25, 0.3) is 11.1 Å². The van der Waals surface area contributed by atoms with E-state index in [4.69, 9.17) is 0 Å². The number of carbonyl (C=O) groups is 1. The van der Waals surface area contributed by atoms with Gasteiger partial charge in [0.1, 0.15) is 0 Å². The third kappa shape index (κ3) is 3.54. The van der Waals surface area contributed by atoms with Crippen LogP contribution in [0.2, 0.25) is 0 Å². The molecule has 0 aliphatic carbocycles. The first-order chi connectivity index (χ1) is 9.04. The number of ketones is 1. The van der Waals surface area contributed by atoms with Crippen LogP contribution in [-0.4, -0.2) is 5.78 Å². The molecule has 0 saturated heterocycles. The molecule has 1 aromatic carbocycles. The van der Waals surface area contributed by atoms with Gasteiger partial charge in [0, 0.05) is 0 Å². The maximum atomic E-state index is 11.6. The molecule has 0 N–H and O–H groups in total. The summed E-state index contributed by atoms with van der Waals surface area (Å²) in [5, 5.41) is 0. The quantitative estimate of drug-likeness (QED) is 0.531. The Morgan fingerprint density at radius 1 is 1.26 bits per heavy atom. The zero-order valence-corrected chi connectivity index (χ0v) is 12.3. The van der Waals surface area contributed by atoms with Crippen molar-refractivity contribution in [3.63, 3.8) is 0 Å². The summed E-state index contributed by atoms with van der Waals surface area (Å²) >= 11 is 0. The number of rotatable bonds is 5. The van der Waals surface area contributed by atoms with E-state index in [1.54, 1.807) is 6.92 Å². The van der Waals surface area contributed by atoms with Gasteiger partial charge in [-0.25, -0.2) is 0 Å². The molecule has 1 aromatic rings. The molecule has 1 heteroatoms. The Balaban J connectivity index is 3.34. The number of hydrogen-bond donors (Lipinski definition) is 0. The summed E-state index contributed by atoms with van der Waals surface area (Å²) in [5.74, 6) is 0.153. The molecular weight excluding hydrogens is 232 g/mol. The van der Waals surface area contributed by atoms with E-state index in [1.165, 1.54) is 0 Å². The van der Waals surface area contributed by atoms with Crippen molar-refractivity contribution >= 4 is 16.9 Å². The lowest BCUT2D eigenvalue weighted by molar-refractivity contribution is -0.113. The smallest absolute Gasteiger partial charge is 0.156 e. The summed E-state index contributed by atoms with van der Waals surface area (Å²) in [6.45, 7) is 11.5. The van der Waals surface area contributed by atoms with Gasteiger partial charge < -0.3 is 0 Å². The molecule has 0 aromatic heterocycles. The van der Waals surface area contributed by atoms with Crippen molar-refractivity contribution in [3.05, 3.63) is 59.7 Å². The largest absolute Gasteiger partial charge is 0.295 e. The number of carbonyl (C=O) groups excluding carboxylic acids is 1. The summed E-state index contributed by atoms with van der Waals surface area (Å²) in [4.78, 5) is 11.6. The Hall–Kier alpha value is -1.89. The van der Waals surface area contributed by atoms with Crippen molar-refractivity contribution in [2.75, 3.05) is 0 Å². The molecule has 100 valence electrons. The van der Waals surface area contributed by atoms with Crippen molar-refractivity contribution in [2.45, 2.75) is 34.1 Å². The molecule has 0 bridgehead atoms. The lowest BCUT2D eigenvalue weighted by atomic mass is 9.94. The average molecular weight is 254 g/mol. The molecule has 0 saturated carbocycles. The van der Waals surface area contributed by atoms with Crippen molar-refractivity contribution in [1.29, 1.82) is 0 Å². The molecule has 19 heavy (non-hydrogen) atoms. The Bertz CT molecular complexity index is 545. The molecule has 0 unspecified atom stereocenters. The van der Waals surface area contributed by atoms with Gasteiger partial charge in [-0.3, -0.25) is 4.79 Å². The van der Waals surface area contributed by atoms with Crippen LogP contribution in [0.4, 0.5) is 0 Å². The first-order valence-electron chi connectivity index (χ1n) is 6.65. The third-order valence-corrected chi connectivity index (χ3v) is 3.39. The van der Waals surface area contributed by atoms with Crippen LogP contribution >= 0.6 is 0 Å². The molecule has 0 spiro atoms. The molecule has 1 nitrogen and oxygen atoms in total. The summed E-state index contributed by atoms with van der Waals surface area (Å²) in [6.07, 6.45) is 4.66. The van der Waals surface area contributed by atoms with E-state index in [-0.39, 0.29) is 5.78 Å².